The highest BCUT2D eigenvalue weighted by molar-refractivity contribution is 5.19. The Morgan fingerprint density at radius 3 is 2.25 bits per heavy atom. The lowest BCUT2D eigenvalue weighted by molar-refractivity contribution is 0.462. The summed E-state index contributed by atoms with van der Waals surface area (Å²) in [6.45, 7) is 3.70. The van der Waals surface area contributed by atoms with Crippen LogP contribution in [0.4, 0.5) is 0 Å². The van der Waals surface area contributed by atoms with Gasteiger partial charge in [-0.1, -0.05) is 13.8 Å². The van der Waals surface area contributed by atoms with Crippen molar-refractivity contribution in [3.05, 3.63) is 11.8 Å². The number of allylic oxidation sites excluding steroid dienone is 1. The zero-order chi connectivity index (χ0) is 6.57. The molecule has 2 nitrogen and oxygen atoms in total. The third kappa shape index (κ3) is 1.65. The van der Waals surface area contributed by atoms with Gasteiger partial charge < -0.3 is 5.11 Å². The van der Waals surface area contributed by atoms with Gasteiger partial charge in [-0.15, -0.1) is 0 Å². The molecule has 0 aliphatic heterocycles. The smallest absolute Gasteiger partial charge is 0.0982 e. The molecule has 0 aromatic rings. The first-order valence-corrected chi connectivity index (χ1v) is 2.46. The molecule has 0 aromatic carbocycles. The standard InChI is InChI=1S/C6H9NO/c1-5(2)6(3-7)4-8/h4-5,8H,1-2H3/b6-4+. The number of rotatable bonds is 1. The maximum absolute atomic E-state index is 8.31. The number of nitrogens with zero attached hydrogens (tertiary/aromatic N) is 1. The van der Waals surface area contributed by atoms with Crippen LogP contribution in [0.15, 0.2) is 11.8 Å². The van der Waals surface area contributed by atoms with E-state index in [0.717, 1.165) is 6.26 Å². The Labute approximate surface area is 49.1 Å². The average molecular weight is 111 g/mol. The van der Waals surface area contributed by atoms with Gasteiger partial charge in [0, 0.05) is 0 Å². The van der Waals surface area contributed by atoms with E-state index in [1.165, 1.54) is 0 Å². The topological polar surface area (TPSA) is 44.0 Å². The lowest BCUT2D eigenvalue weighted by Crippen LogP contribution is -1.89. The van der Waals surface area contributed by atoms with E-state index < -0.39 is 0 Å². The van der Waals surface area contributed by atoms with Gasteiger partial charge in [0.2, 0.25) is 0 Å². The molecule has 0 unspecified atom stereocenters. The van der Waals surface area contributed by atoms with Gasteiger partial charge in [0.25, 0.3) is 0 Å². The molecule has 44 valence electrons. The summed E-state index contributed by atoms with van der Waals surface area (Å²) in [6.07, 6.45) is 0.852. The fraction of sp³-hybridized carbons (Fsp3) is 0.500. The van der Waals surface area contributed by atoms with Crippen molar-refractivity contribution in [1.82, 2.24) is 0 Å². The van der Waals surface area contributed by atoms with Crippen molar-refractivity contribution in [2.24, 2.45) is 5.92 Å². The molecule has 0 radical (unpaired) electrons. The summed E-state index contributed by atoms with van der Waals surface area (Å²) in [5.74, 6) is 0.130. The van der Waals surface area contributed by atoms with E-state index in [2.05, 4.69) is 0 Å². The van der Waals surface area contributed by atoms with Gasteiger partial charge in [-0.3, -0.25) is 0 Å². The molecule has 0 amide bonds. The Morgan fingerprint density at radius 2 is 2.25 bits per heavy atom. The molecule has 0 saturated heterocycles. The highest BCUT2D eigenvalue weighted by atomic mass is 16.2. The molecule has 8 heavy (non-hydrogen) atoms. The van der Waals surface area contributed by atoms with Crippen LogP contribution in [0.25, 0.3) is 0 Å². The van der Waals surface area contributed by atoms with Crippen LogP contribution in [0, 0.1) is 17.2 Å². The Hall–Kier alpha value is -0.970. The Morgan fingerprint density at radius 1 is 1.75 bits per heavy atom. The fourth-order valence-corrected chi connectivity index (χ4v) is 0.307. The zero-order valence-corrected chi connectivity index (χ0v) is 5.05. The minimum Gasteiger partial charge on any atom is -0.515 e. The van der Waals surface area contributed by atoms with Crippen LogP contribution in [0.5, 0.6) is 0 Å². The second-order valence-corrected chi connectivity index (χ2v) is 1.85. The minimum absolute atomic E-state index is 0.130. The summed E-state index contributed by atoms with van der Waals surface area (Å²) in [6, 6.07) is 1.86. The molecule has 2 heteroatoms. The predicted molar refractivity (Wildman–Crippen MR) is 31.2 cm³/mol. The SMILES string of the molecule is CC(C)/C(C#N)=C/O. The van der Waals surface area contributed by atoms with E-state index in [0.29, 0.717) is 5.57 Å². The monoisotopic (exact) mass is 111 g/mol. The van der Waals surface area contributed by atoms with Crippen LogP contribution in [-0.4, -0.2) is 5.11 Å². The van der Waals surface area contributed by atoms with Crippen LogP contribution >= 0.6 is 0 Å². The molecule has 0 spiro atoms. The lowest BCUT2D eigenvalue weighted by Gasteiger charge is -1.96. The molecule has 0 atom stereocenters. The average Bonchev–Trinajstić information content (AvgIpc) is 1.69. The number of aliphatic hydroxyl groups is 1. The van der Waals surface area contributed by atoms with Gasteiger partial charge in [0.1, 0.15) is 0 Å². The number of aliphatic hydroxyl groups excluding tert-OH is 1. The quantitative estimate of drug-likeness (QED) is 0.412. The van der Waals surface area contributed by atoms with Crippen molar-refractivity contribution in [2.75, 3.05) is 0 Å². The molecule has 0 aliphatic rings. The largest absolute Gasteiger partial charge is 0.515 e. The highest BCUT2D eigenvalue weighted by Gasteiger charge is 1.98. The second-order valence-electron chi connectivity index (χ2n) is 1.85. The predicted octanol–water partition coefficient (Wildman–Crippen LogP) is 1.61. The lowest BCUT2D eigenvalue weighted by atomic mass is 10.1. The number of hydrogen-bond donors (Lipinski definition) is 1. The van der Waals surface area contributed by atoms with Crippen LogP contribution in [0.2, 0.25) is 0 Å². The van der Waals surface area contributed by atoms with Crippen LogP contribution in [0.3, 0.4) is 0 Å². The molecule has 0 heterocycles. The van der Waals surface area contributed by atoms with Crippen LogP contribution < -0.4 is 0 Å². The van der Waals surface area contributed by atoms with Crippen molar-refractivity contribution in [1.29, 1.82) is 5.26 Å². The van der Waals surface area contributed by atoms with E-state index >= 15 is 0 Å². The maximum Gasteiger partial charge on any atom is 0.0982 e. The van der Waals surface area contributed by atoms with Crippen molar-refractivity contribution in [2.45, 2.75) is 13.8 Å². The van der Waals surface area contributed by atoms with Crippen molar-refractivity contribution in [3.8, 4) is 6.07 Å². The first-order chi connectivity index (χ1) is 3.72. The highest BCUT2D eigenvalue weighted by Crippen LogP contribution is 2.05. The van der Waals surface area contributed by atoms with Gasteiger partial charge in [-0.05, 0) is 5.92 Å². The fourth-order valence-electron chi connectivity index (χ4n) is 0.307. The van der Waals surface area contributed by atoms with Crippen molar-refractivity contribution < 1.29 is 5.11 Å². The van der Waals surface area contributed by atoms with Crippen molar-refractivity contribution >= 4 is 0 Å². The normalized spacial score (nSPS) is 11.5. The summed E-state index contributed by atoms with van der Waals surface area (Å²) in [5, 5.41) is 16.5. The Bertz CT molecular complexity index is 130. The molecule has 1 N–H and O–H groups in total. The van der Waals surface area contributed by atoms with E-state index in [4.69, 9.17) is 10.4 Å². The van der Waals surface area contributed by atoms with E-state index in [9.17, 15) is 0 Å². The zero-order valence-electron chi connectivity index (χ0n) is 5.05. The Kier molecular flexibility index (Phi) is 2.71. The summed E-state index contributed by atoms with van der Waals surface area (Å²) >= 11 is 0. The maximum atomic E-state index is 8.31. The third-order valence-corrected chi connectivity index (χ3v) is 0.890. The number of hydrogen-bond acceptors (Lipinski definition) is 2. The molecule has 0 rings (SSSR count). The van der Waals surface area contributed by atoms with Gasteiger partial charge in [0.05, 0.1) is 17.9 Å². The van der Waals surface area contributed by atoms with Gasteiger partial charge in [-0.2, -0.15) is 5.26 Å². The molecule has 0 aromatic heterocycles. The summed E-state index contributed by atoms with van der Waals surface area (Å²) in [5.41, 5.74) is 0.421. The van der Waals surface area contributed by atoms with E-state index in [-0.39, 0.29) is 5.92 Å². The number of nitriles is 1. The van der Waals surface area contributed by atoms with Crippen LogP contribution in [0.1, 0.15) is 13.8 Å². The van der Waals surface area contributed by atoms with Gasteiger partial charge in [-0.25, -0.2) is 0 Å². The first kappa shape index (κ1) is 7.03. The first-order valence-electron chi connectivity index (χ1n) is 2.46. The molecule has 0 fully saturated rings. The van der Waals surface area contributed by atoms with E-state index in [1.807, 2.05) is 19.9 Å². The minimum atomic E-state index is 0.130. The molecule has 0 aliphatic carbocycles. The summed E-state index contributed by atoms with van der Waals surface area (Å²) in [7, 11) is 0. The molecule has 0 bridgehead atoms. The van der Waals surface area contributed by atoms with Gasteiger partial charge >= 0.3 is 0 Å². The Balaban J connectivity index is 3.98. The van der Waals surface area contributed by atoms with E-state index in [1.54, 1.807) is 0 Å². The second kappa shape index (κ2) is 3.09. The summed E-state index contributed by atoms with van der Waals surface area (Å²) < 4.78 is 0. The molecule has 0 saturated carbocycles. The summed E-state index contributed by atoms with van der Waals surface area (Å²) in [4.78, 5) is 0. The third-order valence-electron chi connectivity index (χ3n) is 0.890. The van der Waals surface area contributed by atoms with Gasteiger partial charge in [0.15, 0.2) is 0 Å². The van der Waals surface area contributed by atoms with Crippen LogP contribution in [-0.2, 0) is 0 Å². The molecular weight excluding hydrogens is 102 g/mol. The van der Waals surface area contributed by atoms with Crippen molar-refractivity contribution in [3.63, 3.8) is 0 Å². The molecular formula is C6H9NO.